The molecule has 10 heteroatoms. The van der Waals surface area contributed by atoms with E-state index in [1.807, 2.05) is 4.90 Å². The number of benzene rings is 2. The van der Waals surface area contributed by atoms with Crippen LogP contribution < -0.4 is 20.7 Å². The molecule has 3 aromatic rings. The minimum atomic E-state index is -1.77. The third-order valence-corrected chi connectivity index (χ3v) is 6.28. The molecule has 1 aliphatic heterocycles. The zero-order chi connectivity index (χ0) is 20.4. The van der Waals surface area contributed by atoms with E-state index in [2.05, 4.69) is 15.0 Å². The van der Waals surface area contributed by atoms with Gasteiger partial charge in [0.25, 0.3) is 0 Å². The smallest absolute Gasteiger partial charge is 0.215 e. The quantitative estimate of drug-likeness (QED) is 0.510. The molecular formula is C19H19F2N5OS2. The monoisotopic (exact) mass is 435 g/mol. The van der Waals surface area contributed by atoms with E-state index >= 15 is 0 Å². The maximum atomic E-state index is 14.6. The summed E-state index contributed by atoms with van der Waals surface area (Å²) in [5.74, 6) is -0.548. The van der Waals surface area contributed by atoms with Gasteiger partial charge in [-0.25, -0.2) is 13.8 Å². The lowest BCUT2D eigenvalue weighted by molar-refractivity contribution is 0.570. The van der Waals surface area contributed by atoms with Crippen LogP contribution in [0.1, 0.15) is 6.42 Å². The molecule has 1 aliphatic rings. The van der Waals surface area contributed by atoms with E-state index < -0.39 is 17.2 Å². The molecular weight excluding hydrogens is 416 g/mol. The Morgan fingerprint density at radius 2 is 2.10 bits per heavy atom. The maximum Gasteiger partial charge on any atom is 0.215 e. The van der Waals surface area contributed by atoms with E-state index in [1.54, 1.807) is 23.0 Å². The number of hydrogen-bond acceptors (Lipinski definition) is 7. The summed E-state index contributed by atoms with van der Waals surface area (Å²) in [5.41, 5.74) is 9.36. The molecule has 1 saturated heterocycles. The average molecular weight is 436 g/mol. The van der Waals surface area contributed by atoms with Crippen LogP contribution in [-0.4, -0.2) is 28.7 Å². The Bertz CT molecular complexity index is 989. The highest BCUT2D eigenvalue weighted by molar-refractivity contribution is 7.92. The predicted octanol–water partition coefficient (Wildman–Crippen LogP) is 3.84. The van der Waals surface area contributed by atoms with Gasteiger partial charge in [0.05, 0.1) is 16.9 Å². The fourth-order valence-electron chi connectivity index (χ4n) is 3.18. The van der Waals surface area contributed by atoms with Gasteiger partial charge in [-0.2, -0.15) is 4.72 Å². The SMILES string of the molecule is NC1CCN(c2cc(F)ccc2Nc2ccc([S+]([O-])Nc3cscn3)c(F)c2)C1. The first kappa shape index (κ1) is 19.9. The molecule has 0 aliphatic carbocycles. The fraction of sp³-hybridized carbons (Fsp3) is 0.211. The van der Waals surface area contributed by atoms with Gasteiger partial charge in [0.1, 0.15) is 17.2 Å². The second-order valence-corrected chi connectivity index (χ2v) is 8.57. The molecule has 0 spiro atoms. The molecule has 2 unspecified atom stereocenters. The normalized spacial score (nSPS) is 17.4. The summed E-state index contributed by atoms with van der Waals surface area (Å²) in [4.78, 5) is 6.01. The number of anilines is 4. The number of rotatable bonds is 6. The van der Waals surface area contributed by atoms with Gasteiger partial charge in [0.2, 0.25) is 4.90 Å². The summed E-state index contributed by atoms with van der Waals surface area (Å²) in [6, 6.07) is 8.78. The Balaban J connectivity index is 1.53. The van der Waals surface area contributed by atoms with Gasteiger partial charge in [-0.05, 0) is 30.7 Å². The van der Waals surface area contributed by atoms with Crippen LogP contribution >= 0.6 is 11.3 Å². The Labute approximate surface area is 174 Å². The van der Waals surface area contributed by atoms with Gasteiger partial charge >= 0.3 is 0 Å². The first-order valence-electron chi connectivity index (χ1n) is 8.93. The minimum absolute atomic E-state index is 0.0217. The molecule has 152 valence electrons. The molecule has 1 fully saturated rings. The van der Waals surface area contributed by atoms with Crippen LogP contribution in [0.15, 0.2) is 52.2 Å². The topological polar surface area (TPSA) is 89.3 Å². The molecule has 2 atom stereocenters. The Morgan fingerprint density at radius 3 is 2.79 bits per heavy atom. The van der Waals surface area contributed by atoms with Crippen LogP contribution in [0.3, 0.4) is 0 Å². The zero-order valence-corrected chi connectivity index (χ0v) is 16.9. The second kappa shape index (κ2) is 8.54. The third kappa shape index (κ3) is 4.61. The first-order valence-corrected chi connectivity index (χ1v) is 11.0. The van der Waals surface area contributed by atoms with E-state index in [-0.39, 0.29) is 16.8 Å². The van der Waals surface area contributed by atoms with E-state index in [1.165, 1.54) is 35.6 Å². The molecule has 0 amide bonds. The van der Waals surface area contributed by atoms with Crippen molar-refractivity contribution < 1.29 is 13.3 Å². The number of halogens is 2. The van der Waals surface area contributed by atoms with Crippen LogP contribution in [0.2, 0.25) is 0 Å². The summed E-state index contributed by atoms with van der Waals surface area (Å²) < 4.78 is 43.4. The Morgan fingerprint density at radius 1 is 1.24 bits per heavy atom. The highest BCUT2D eigenvalue weighted by Gasteiger charge is 2.23. The van der Waals surface area contributed by atoms with Crippen molar-refractivity contribution in [2.24, 2.45) is 5.73 Å². The molecule has 1 aromatic heterocycles. The lowest BCUT2D eigenvalue weighted by Crippen LogP contribution is -2.26. The van der Waals surface area contributed by atoms with E-state index in [9.17, 15) is 13.3 Å². The summed E-state index contributed by atoms with van der Waals surface area (Å²) >= 11 is -0.426. The van der Waals surface area contributed by atoms with Gasteiger partial charge in [-0.3, -0.25) is 0 Å². The summed E-state index contributed by atoms with van der Waals surface area (Å²) in [7, 11) is 0. The van der Waals surface area contributed by atoms with E-state index in [4.69, 9.17) is 5.73 Å². The van der Waals surface area contributed by atoms with Crippen molar-refractivity contribution in [3.8, 4) is 0 Å². The van der Waals surface area contributed by atoms with Gasteiger partial charge in [0.15, 0.2) is 11.6 Å². The van der Waals surface area contributed by atoms with Crippen molar-refractivity contribution in [3.63, 3.8) is 0 Å². The maximum absolute atomic E-state index is 14.6. The predicted molar refractivity (Wildman–Crippen MR) is 113 cm³/mol. The summed E-state index contributed by atoms with van der Waals surface area (Å²) in [6.07, 6.45) is 0.830. The highest BCUT2D eigenvalue weighted by atomic mass is 32.2. The van der Waals surface area contributed by atoms with Gasteiger partial charge in [-0.1, -0.05) is 0 Å². The molecule has 2 heterocycles. The molecule has 29 heavy (non-hydrogen) atoms. The average Bonchev–Trinajstić information content (AvgIpc) is 3.35. The molecule has 2 aromatic carbocycles. The van der Waals surface area contributed by atoms with Crippen molar-refractivity contribution in [1.29, 1.82) is 0 Å². The second-order valence-electron chi connectivity index (χ2n) is 6.67. The zero-order valence-electron chi connectivity index (χ0n) is 15.3. The van der Waals surface area contributed by atoms with Crippen LogP contribution in [0.25, 0.3) is 0 Å². The standard InChI is InChI=1S/C19H19F2N5OS2/c20-12-1-3-16(17(7-12)26-6-5-13(22)9-26)24-14-2-4-18(15(21)8-14)29(27)25-19-10-28-11-23-19/h1-4,7-8,10-11,13,24-25H,5-6,9,22H2. The molecule has 4 N–H and O–H groups in total. The van der Waals surface area contributed by atoms with Crippen molar-refractivity contribution >= 4 is 45.6 Å². The van der Waals surface area contributed by atoms with E-state index in [0.29, 0.717) is 29.4 Å². The van der Waals surface area contributed by atoms with Crippen LogP contribution in [0.4, 0.5) is 31.7 Å². The third-order valence-electron chi connectivity index (χ3n) is 4.57. The fourth-order valence-corrected chi connectivity index (χ4v) is 4.57. The minimum Gasteiger partial charge on any atom is -0.588 e. The molecule has 4 rings (SSSR count). The number of nitrogens with zero attached hydrogens (tertiary/aromatic N) is 2. The lowest BCUT2D eigenvalue weighted by Gasteiger charge is -2.22. The van der Waals surface area contributed by atoms with Crippen molar-refractivity contribution in [1.82, 2.24) is 4.98 Å². The van der Waals surface area contributed by atoms with Gasteiger partial charge < -0.3 is 20.5 Å². The lowest BCUT2D eigenvalue weighted by atomic mass is 10.2. The molecule has 0 radical (unpaired) electrons. The molecule has 6 nitrogen and oxygen atoms in total. The summed E-state index contributed by atoms with van der Waals surface area (Å²) in [5, 5.41) is 4.81. The Kier molecular flexibility index (Phi) is 5.86. The van der Waals surface area contributed by atoms with Crippen molar-refractivity contribution in [2.45, 2.75) is 17.4 Å². The number of nitrogens with two attached hydrogens (primary N) is 1. The van der Waals surface area contributed by atoms with Crippen LogP contribution in [0, 0.1) is 11.6 Å². The van der Waals surface area contributed by atoms with Crippen molar-refractivity contribution in [2.75, 3.05) is 28.0 Å². The number of nitrogens with one attached hydrogen (secondary N) is 2. The number of hydrogen-bond donors (Lipinski definition) is 3. The number of aromatic nitrogens is 1. The van der Waals surface area contributed by atoms with Crippen LogP contribution in [-0.2, 0) is 11.4 Å². The highest BCUT2D eigenvalue weighted by Crippen LogP contribution is 2.32. The first-order chi connectivity index (χ1) is 14.0. The molecule has 0 saturated carbocycles. The van der Waals surface area contributed by atoms with Gasteiger partial charge in [0, 0.05) is 42.3 Å². The van der Waals surface area contributed by atoms with E-state index in [0.717, 1.165) is 13.0 Å². The largest absolute Gasteiger partial charge is 0.588 e. The van der Waals surface area contributed by atoms with Crippen LogP contribution in [0.5, 0.6) is 0 Å². The number of thiazole rings is 1. The van der Waals surface area contributed by atoms with Gasteiger partial charge in [-0.15, -0.1) is 11.3 Å². The molecule has 0 bridgehead atoms. The summed E-state index contributed by atoms with van der Waals surface area (Å²) in [6.45, 7) is 1.36. The Hall–Kier alpha value is -2.40. The van der Waals surface area contributed by atoms with Crippen molar-refractivity contribution in [3.05, 3.63) is 58.9 Å².